The van der Waals surface area contributed by atoms with E-state index >= 15 is 0 Å². The molecule has 8 aromatic rings. The number of fused-ring (bicyclic) bond motifs is 9. The zero-order valence-corrected chi connectivity index (χ0v) is 30.8. The van der Waals surface area contributed by atoms with Gasteiger partial charge in [-0.25, -0.2) is 5.32 Å². The first-order chi connectivity index (χ1) is 27.3. The number of aromatic nitrogens is 1. The molecule has 0 spiro atoms. The average molecular weight is 723 g/mol. The normalized spacial score (nSPS) is 19.8. The van der Waals surface area contributed by atoms with Gasteiger partial charge in [0, 0.05) is 32.4 Å². The van der Waals surface area contributed by atoms with Crippen LogP contribution in [0.15, 0.2) is 199 Å². The van der Waals surface area contributed by atoms with Gasteiger partial charge in [-0.3, -0.25) is 0 Å². The van der Waals surface area contributed by atoms with Gasteiger partial charge in [0.2, 0.25) is 0 Å². The topological polar surface area (TPSA) is 20.0 Å². The van der Waals surface area contributed by atoms with Gasteiger partial charge in [-0.15, -0.1) is 11.8 Å². The minimum absolute atomic E-state index is 0.0510. The summed E-state index contributed by atoms with van der Waals surface area (Å²) in [6, 6.07) is 62.9. The summed E-state index contributed by atoms with van der Waals surface area (Å²) in [6.45, 7) is 0. The Morgan fingerprint density at radius 3 is 2.02 bits per heavy atom. The highest BCUT2D eigenvalue weighted by Crippen LogP contribution is 2.60. The Morgan fingerprint density at radius 2 is 1.27 bits per heavy atom. The fraction of sp³-hybridized carbons (Fsp3) is 0.0784. The molecule has 260 valence electrons. The van der Waals surface area contributed by atoms with Crippen LogP contribution in [0.2, 0.25) is 0 Å². The van der Waals surface area contributed by atoms with Crippen LogP contribution in [-0.4, -0.2) is 20.2 Å². The number of thioether (sulfide) groups is 1. The summed E-state index contributed by atoms with van der Waals surface area (Å²) in [6.07, 6.45) is 9.34. The maximum atomic E-state index is 3.90. The lowest BCUT2D eigenvalue weighted by molar-refractivity contribution is -0.531. The molecule has 0 bridgehead atoms. The van der Waals surface area contributed by atoms with E-state index in [0.717, 1.165) is 5.84 Å². The molecule has 7 aromatic carbocycles. The van der Waals surface area contributed by atoms with E-state index in [0.29, 0.717) is 11.2 Å². The molecule has 0 radical (unpaired) electrons. The van der Waals surface area contributed by atoms with Gasteiger partial charge >= 0.3 is 0 Å². The number of nitrogens with one attached hydrogen (secondary N) is 1. The van der Waals surface area contributed by atoms with E-state index in [1.54, 1.807) is 0 Å². The molecule has 3 aliphatic heterocycles. The number of para-hydroxylation sites is 2. The monoisotopic (exact) mass is 722 g/mol. The summed E-state index contributed by atoms with van der Waals surface area (Å²) in [5, 5.41) is 6.92. The van der Waals surface area contributed by atoms with Gasteiger partial charge in [0.05, 0.1) is 27.7 Å². The fourth-order valence-electron chi connectivity index (χ4n) is 9.96. The number of nitrogens with zero attached hydrogens (tertiary/aromatic N) is 2. The zero-order chi connectivity index (χ0) is 36.1. The number of amidine groups is 1. The van der Waals surface area contributed by atoms with Crippen LogP contribution in [0.25, 0.3) is 27.5 Å². The van der Waals surface area contributed by atoms with Crippen LogP contribution in [0, 0.1) is 0 Å². The van der Waals surface area contributed by atoms with Gasteiger partial charge in [-0.1, -0.05) is 158 Å². The van der Waals surface area contributed by atoms with Crippen LogP contribution >= 0.6 is 11.8 Å². The zero-order valence-electron chi connectivity index (χ0n) is 30.0. The quantitative estimate of drug-likeness (QED) is 0.179. The molecule has 4 heteroatoms. The first kappa shape index (κ1) is 31.0. The summed E-state index contributed by atoms with van der Waals surface area (Å²) in [5.41, 5.74) is 13.5. The van der Waals surface area contributed by atoms with Crippen LogP contribution in [0.5, 0.6) is 0 Å². The van der Waals surface area contributed by atoms with Crippen LogP contribution < -0.4 is 5.32 Å². The molecule has 1 aliphatic carbocycles. The molecule has 0 amide bonds. The Hall–Kier alpha value is -6.36. The molecule has 4 aliphatic rings. The van der Waals surface area contributed by atoms with Crippen molar-refractivity contribution < 1.29 is 4.58 Å². The smallest absolute Gasteiger partial charge is 0.289 e. The largest absolute Gasteiger partial charge is 0.309 e. The van der Waals surface area contributed by atoms with Crippen molar-refractivity contribution >= 4 is 45.1 Å². The van der Waals surface area contributed by atoms with E-state index in [-0.39, 0.29) is 6.17 Å². The second-order valence-corrected chi connectivity index (χ2v) is 16.2. The van der Waals surface area contributed by atoms with E-state index in [9.17, 15) is 0 Å². The van der Waals surface area contributed by atoms with Crippen molar-refractivity contribution in [1.29, 1.82) is 0 Å². The maximum Gasteiger partial charge on any atom is 0.289 e. The molecule has 1 aromatic heterocycles. The van der Waals surface area contributed by atoms with Gasteiger partial charge < -0.3 is 4.57 Å². The Bertz CT molecular complexity index is 2890. The number of hydrogen-bond donors (Lipinski definition) is 1. The fourth-order valence-corrected chi connectivity index (χ4v) is 11.4. The summed E-state index contributed by atoms with van der Waals surface area (Å²) in [7, 11) is 0. The Balaban J connectivity index is 1.21. The third kappa shape index (κ3) is 4.26. The van der Waals surface area contributed by atoms with E-state index in [1.165, 1.54) is 77.0 Å². The average Bonchev–Trinajstić information content (AvgIpc) is 3.79. The SMILES string of the molecule is C1=CC2Sc3c(cc4c5c3c3cc(C6=[N+](c7ccccc7)C(c7ccccc7)N6)ccc3n5-c3ccccc3C4(c3ccccc3)c3ccccc3)C2C=C1. The van der Waals surface area contributed by atoms with Crippen LogP contribution in [0.1, 0.15) is 51.0 Å². The summed E-state index contributed by atoms with van der Waals surface area (Å²) < 4.78 is 5.03. The molecule has 55 heavy (non-hydrogen) atoms. The van der Waals surface area contributed by atoms with Gasteiger partial charge in [-0.2, -0.15) is 4.58 Å². The van der Waals surface area contributed by atoms with Crippen LogP contribution in [0.4, 0.5) is 5.69 Å². The van der Waals surface area contributed by atoms with Crippen molar-refractivity contribution in [2.45, 2.75) is 27.6 Å². The molecule has 12 rings (SSSR count). The Kier molecular flexibility index (Phi) is 6.67. The van der Waals surface area contributed by atoms with Crippen molar-refractivity contribution in [2.24, 2.45) is 0 Å². The first-order valence-electron chi connectivity index (χ1n) is 19.2. The summed E-state index contributed by atoms with van der Waals surface area (Å²) >= 11 is 2.04. The molecule has 1 N–H and O–H groups in total. The van der Waals surface area contributed by atoms with Gasteiger partial charge in [0.15, 0.2) is 0 Å². The van der Waals surface area contributed by atoms with Crippen molar-refractivity contribution in [3.8, 4) is 5.69 Å². The van der Waals surface area contributed by atoms with E-state index < -0.39 is 5.41 Å². The summed E-state index contributed by atoms with van der Waals surface area (Å²) in [4.78, 5) is 1.41. The number of rotatable bonds is 5. The molecule has 0 saturated carbocycles. The van der Waals surface area contributed by atoms with Crippen molar-refractivity contribution in [2.75, 3.05) is 0 Å². The Morgan fingerprint density at radius 1 is 0.618 bits per heavy atom. The van der Waals surface area contributed by atoms with Crippen molar-refractivity contribution in [1.82, 2.24) is 9.88 Å². The third-order valence-electron chi connectivity index (χ3n) is 12.3. The predicted molar refractivity (Wildman–Crippen MR) is 226 cm³/mol. The molecule has 0 saturated heterocycles. The van der Waals surface area contributed by atoms with E-state index in [1.807, 2.05) is 11.8 Å². The van der Waals surface area contributed by atoms with Crippen LogP contribution in [0.3, 0.4) is 0 Å². The standard InChI is InChI=1S/C51H35N3S/c1-5-17-33(18-6-1)49-52-50(53(49)37-23-11-4-12-24-37)34-29-30-43-40(31-34)46-47-42(32-39-38-25-13-16-28-45(38)55-48(39)46)51(35-19-7-2-8-20-35,36-21-9-3-10-22-36)41-26-14-15-27-44(41)54(43)47/h1-32,38,45,49H/p+1. The van der Waals surface area contributed by atoms with Crippen molar-refractivity contribution in [3.05, 3.63) is 233 Å². The van der Waals surface area contributed by atoms with E-state index in [2.05, 4.69) is 209 Å². The highest BCUT2D eigenvalue weighted by atomic mass is 32.2. The Labute approximate surface area is 324 Å². The molecule has 4 heterocycles. The molecular formula is C51H36N3S+. The van der Waals surface area contributed by atoms with Gasteiger partial charge in [0.25, 0.3) is 12.0 Å². The molecule has 3 atom stereocenters. The number of benzene rings is 7. The second-order valence-electron chi connectivity index (χ2n) is 15.0. The lowest BCUT2D eigenvalue weighted by Crippen LogP contribution is -2.51. The molecular weight excluding hydrogens is 687 g/mol. The lowest BCUT2D eigenvalue weighted by atomic mass is 9.62. The van der Waals surface area contributed by atoms with Crippen molar-refractivity contribution in [3.63, 3.8) is 0 Å². The van der Waals surface area contributed by atoms with Crippen LogP contribution in [-0.2, 0) is 5.41 Å². The first-order valence-corrected chi connectivity index (χ1v) is 20.1. The van der Waals surface area contributed by atoms with Gasteiger partial charge in [-0.05, 0) is 64.2 Å². The molecule has 3 unspecified atom stereocenters. The highest BCUT2D eigenvalue weighted by molar-refractivity contribution is 8.00. The highest BCUT2D eigenvalue weighted by Gasteiger charge is 2.48. The summed E-state index contributed by atoms with van der Waals surface area (Å²) in [5.74, 6) is 1.44. The molecule has 3 nitrogen and oxygen atoms in total. The molecule has 0 fully saturated rings. The maximum absolute atomic E-state index is 3.90. The number of allylic oxidation sites excluding steroid dienone is 3. The lowest BCUT2D eigenvalue weighted by Gasteiger charge is -2.42. The minimum atomic E-state index is -0.520. The third-order valence-corrected chi connectivity index (χ3v) is 13.7. The van der Waals surface area contributed by atoms with E-state index in [4.69, 9.17) is 0 Å². The van der Waals surface area contributed by atoms with Gasteiger partial charge in [0.1, 0.15) is 5.69 Å². The second kappa shape index (κ2) is 11.8. The number of hydrogen-bond acceptors (Lipinski definition) is 2. The predicted octanol–water partition coefficient (Wildman–Crippen LogP) is 11.6. The minimum Gasteiger partial charge on any atom is -0.309 e.